The molecule has 1 fully saturated rings. The van der Waals surface area contributed by atoms with Crippen LogP contribution in [0.15, 0.2) is 60.1 Å². The average Bonchev–Trinajstić information content (AvgIpc) is 2.80. The van der Waals surface area contributed by atoms with E-state index < -0.39 is 5.82 Å². The SMILES string of the molecule is C=C(C)c1cc(C#Cc2ccc(C3CCC(/C=C/CCC)CC3)cc2)cc(F)c1N=C=S. The summed E-state index contributed by atoms with van der Waals surface area (Å²) in [6.45, 7) is 7.94. The third-order valence-corrected chi connectivity index (χ3v) is 6.14. The van der Waals surface area contributed by atoms with Crippen LogP contribution in [0.25, 0.3) is 5.57 Å². The van der Waals surface area contributed by atoms with E-state index in [0.29, 0.717) is 22.6 Å². The lowest BCUT2D eigenvalue weighted by Crippen LogP contribution is -2.11. The summed E-state index contributed by atoms with van der Waals surface area (Å²) in [7, 11) is 0. The molecule has 0 saturated heterocycles. The first kappa shape index (κ1) is 23.9. The van der Waals surface area contributed by atoms with Crippen molar-refractivity contribution in [3.63, 3.8) is 0 Å². The minimum Gasteiger partial charge on any atom is -0.205 e. The molecule has 164 valence electrons. The molecule has 1 aliphatic carbocycles. The number of thiocarbonyl (C=S) groups is 1. The molecule has 0 unspecified atom stereocenters. The van der Waals surface area contributed by atoms with Crippen LogP contribution in [0.2, 0.25) is 0 Å². The third kappa shape index (κ3) is 6.36. The summed E-state index contributed by atoms with van der Waals surface area (Å²) in [6, 6.07) is 11.7. The summed E-state index contributed by atoms with van der Waals surface area (Å²) in [5.41, 5.74) is 4.37. The number of benzene rings is 2. The van der Waals surface area contributed by atoms with E-state index in [4.69, 9.17) is 0 Å². The van der Waals surface area contributed by atoms with E-state index in [0.717, 1.165) is 11.5 Å². The second kappa shape index (κ2) is 11.7. The molecule has 0 aliphatic heterocycles. The van der Waals surface area contributed by atoms with Crippen molar-refractivity contribution >= 4 is 28.6 Å². The Balaban J connectivity index is 1.69. The lowest BCUT2D eigenvalue weighted by Gasteiger charge is -2.27. The zero-order chi connectivity index (χ0) is 22.9. The van der Waals surface area contributed by atoms with E-state index in [1.54, 1.807) is 6.07 Å². The second-order valence-electron chi connectivity index (χ2n) is 8.54. The number of aliphatic imine (C=N–C) groups is 1. The molecule has 0 aromatic heterocycles. The van der Waals surface area contributed by atoms with Crippen LogP contribution in [-0.2, 0) is 0 Å². The van der Waals surface area contributed by atoms with Gasteiger partial charge in [-0.25, -0.2) is 4.39 Å². The molecular weight excluding hydrogens is 413 g/mol. The Hall–Kier alpha value is -2.79. The molecule has 32 heavy (non-hydrogen) atoms. The maximum atomic E-state index is 14.5. The normalized spacial score (nSPS) is 18.0. The van der Waals surface area contributed by atoms with E-state index in [1.165, 1.54) is 50.2 Å². The summed E-state index contributed by atoms with van der Waals surface area (Å²) in [4.78, 5) is 3.84. The largest absolute Gasteiger partial charge is 0.205 e. The first-order valence-electron chi connectivity index (χ1n) is 11.4. The number of hydrogen-bond acceptors (Lipinski definition) is 2. The fourth-order valence-corrected chi connectivity index (χ4v) is 4.33. The number of hydrogen-bond donors (Lipinski definition) is 0. The highest BCUT2D eigenvalue weighted by Crippen LogP contribution is 2.36. The van der Waals surface area contributed by atoms with Gasteiger partial charge in [-0.15, -0.1) is 0 Å². The van der Waals surface area contributed by atoms with E-state index >= 15 is 0 Å². The van der Waals surface area contributed by atoms with Crippen molar-refractivity contribution in [2.24, 2.45) is 10.9 Å². The molecule has 2 aromatic rings. The maximum Gasteiger partial charge on any atom is 0.151 e. The van der Waals surface area contributed by atoms with Crippen molar-refractivity contribution in [2.75, 3.05) is 0 Å². The molecule has 0 atom stereocenters. The predicted octanol–water partition coefficient (Wildman–Crippen LogP) is 8.62. The molecule has 0 radical (unpaired) electrons. The first-order valence-corrected chi connectivity index (χ1v) is 11.8. The monoisotopic (exact) mass is 443 g/mol. The Morgan fingerprint density at radius 3 is 2.44 bits per heavy atom. The fourth-order valence-electron chi connectivity index (χ4n) is 4.24. The molecule has 1 aliphatic rings. The molecule has 0 heterocycles. The third-order valence-electron chi connectivity index (χ3n) is 6.05. The van der Waals surface area contributed by atoms with E-state index in [2.05, 4.69) is 84.1 Å². The lowest BCUT2D eigenvalue weighted by atomic mass is 9.78. The predicted molar refractivity (Wildman–Crippen MR) is 137 cm³/mol. The van der Waals surface area contributed by atoms with Gasteiger partial charge in [-0.3, -0.25) is 0 Å². The minimum atomic E-state index is -0.470. The number of nitrogens with zero attached hydrogens (tertiary/aromatic N) is 1. The Bertz CT molecular complexity index is 1090. The average molecular weight is 444 g/mol. The van der Waals surface area contributed by atoms with Gasteiger partial charge in [0.1, 0.15) is 5.69 Å². The van der Waals surface area contributed by atoms with Crippen LogP contribution in [0, 0.1) is 23.6 Å². The highest BCUT2D eigenvalue weighted by molar-refractivity contribution is 7.78. The number of allylic oxidation sites excluding steroid dienone is 3. The zero-order valence-corrected chi connectivity index (χ0v) is 19.8. The van der Waals surface area contributed by atoms with Crippen LogP contribution >= 0.6 is 12.2 Å². The summed E-state index contributed by atoms with van der Waals surface area (Å²) in [5.74, 6) is 7.13. The summed E-state index contributed by atoms with van der Waals surface area (Å²) >= 11 is 4.63. The molecule has 2 aromatic carbocycles. The van der Waals surface area contributed by atoms with E-state index in [9.17, 15) is 4.39 Å². The molecule has 0 spiro atoms. The van der Waals surface area contributed by atoms with Crippen molar-refractivity contribution in [1.82, 2.24) is 0 Å². The van der Waals surface area contributed by atoms with Crippen molar-refractivity contribution in [1.29, 1.82) is 0 Å². The molecule has 0 amide bonds. The van der Waals surface area contributed by atoms with Gasteiger partial charge >= 0.3 is 0 Å². The number of unbranched alkanes of at least 4 members (excludes halogenated alkanes) is 1. The molecule has 0 N–H and O–H groups in total. The topological polar surface area (TPSA) is 12.4 Å². The Labute approximate surface area is 197 Å². The summed E-state index contributed by atoms with van der Waals surface area (Å²) in [5, 5.41) is 2.23. The van der Waals surface area contributed by atoms with Crippen LogP contribution < -0.4 is 0 Å². The number of isothiocyanates is 1. The maximum absolute atomic E-state index is 14.5. The van der Waals surface area contributed by atoms with Gasteiger partial charge in [0.05, 0.1) is 5.16 Å². The Kier molecular flexibility index (Phi) is 8.74. The van der Waals surface area contributed by atoms with Crippen LogP contribution in [-0.4, -0.2) is 5.16 Å². The molecule has 3 rings (SSSR count). The van der Waals surface area contributed by atoms with Crippen molar-refractivity contribution < 1.29 is 4.39 Å². The van der Waals surface area contributed by atoms with Gasteiger partial charge in [0.15, 0.2) is 5.82 Å². The fraction of sp³-hybridized carbons (Fsp3) is 0.345. The van der Waals surface area contributed by atoms with Crippen LogP contribution in [0.5, 0.6) is 0 Å². The smallest absolute Gasteiger partial charge is 0.151 e. The van der Waals surface area contributed by atoms with Gasteiger partial charge in [0.2, 0.25) is 0 Å². The van der Waals surface area contributed by atoms with Gasteiger partial charge < -0.3 is 0 Å². The first-order chi connectivity index (χ1) is 15.5. The molecular formula is C29H30FNS. The molecule has 1 saturated carbocycles. The molecule has 1 nitrogen and oxygen atoms in total. The van der Waals surface area contributed by atoms with E-state index in [1.807, 2.05) is 6.92 Å². The van der Waals surface area contributed by atoms with Gasteiger partial charge in [0.25, 0.3) is 0 Å². The van der Waals surface area contributed by atoms with E-state index in [-0.39, 0.29) is 5.69 Å². The summed E-state index contributed by atoms with van der Waals surface area (Å²) < 4.78 is 14.5. The van der Waals surface area contributed by atoms with Gasteiger partial charge in [0, 0.05) is 16.7 Å². The Morgan fingerprint density at radius 1 is 1.12 bits per heavy atom. The summed E-state index contributed by atoms with van der Waals surface area (Å²) in [6.07, 6.45) is 12.2. The highest BCUT2D eigenvalue weighted by atomic mass is 32.1. The second-order valence-corrected chi connectivity index (χ2v) is 8.72. The lowest BCUT2D eigenvalue weighted by molar-refractivity contribution is 0.375. The number of halogens is 1. The van der Waals surface area contributed by atoms with Crippen molar-refractivity contribution in [2.45, 2.75) is 58.3 Å². The highest BCUT2D eigenvalue weighted by Gasteiger charge is 2.20. The van der Waals surface area contributed by atoms with Gasteiger partial charge in [-0.05, 0) is 98.5 Å². The quantitative estimate of drug-likeness (QED) is 0.188. The van der Waals surface area contributed by atoms with Gasteiger partial charge in [-0.2, -0.15) is 4.99 Å². The molecule has 0 bridgehead atoms. The Morgan fingerprint density at radius 2 is 1.81 bits per heavy atom. The van der Waals surface area contributed by atoms with Crippen LogP contribution in [0.4, 0.5) is 10.1 Å². The minimum absolute atomic E-state index is 0.165. The standard InChI is InChI=1S/C29H30FNS/c1-4-5-6-7-22-10-14-25(15-11-22)26-16-12-23(13-17-26)8-9-24-18-27(21(2)3)29(31-20-32)28(30)19-24/h6-7,12-13,16-19,22,25H,2,4-5,10-11,14-15H2,1,3H3/b7-6+. The zero-order valence-electron chi connectivity index (χ0n) is 19.0. The molecule has 3 heteroatoms. The van der Waals surface area contributed by atoms with Crippen LogP contribution in [0.1, 0.15) is 80.5 Å². The van der Waals surface area contributed by atoms with Gasteiger partial charge in [-0.1, -0.05) is 56.0 Å². The number of rotatable bonds is 6. The van der Waals surface area contributed by atoms with Crippen molar-refractivity contribution in [3.05, 3.63) is 83.2 Å². The van der Waals surface area contributed by atoms with Crippen LogP contribution in [0.3, 0.4) is 0 Å². The van der Waals surface area contributed by atoms with Crippen molar-refractivity contribution in [3.8, 4) is 11.8 Å².